The van der Waals surface area contributed by atoms with Crippen LogP contribution in [0.25, 0.3) is 67.5 Å². The highest BCUT2D eigenvalue weighted by Gasteiger charge is 2.51. The lowest BCUT2D eigenvalue weighted by molar-refractivity contribution is 0.436. The van der Waals surface area contributed by atoms with Gasteiger partial charge in [-0.05, 0) is 62.7 Å². The topological polar surface area (TPSA) is 47.9 Å². The average molecular weight is 716 g/mol. The maximum Gasteiger partial charge on any atom is 0.164 e. The molecule has 56 heavy (non-hydrogen) atoms. The van der Waals surface area contributed by atoms with Crippen molar-refractivity contribution in [2.24, 2.45) is 0 Å². The van der Waals surface area contributed by atoms with Crippen LogP contribution >= 0.6 is 0 Å². The average Bonchev–Trinajstić information content (AvgIpc) is 3.57. The number of ether oxygens (including phenoxy) is 1. The minimum absolute atomic E-state index is 0.583. The van der Waals surface area contributed by atoms with Crippen LogP contribution < -0.4 is 4.74 Å². The summed E-state index contributed by atoms with van der Waals surface area (Å²) in [6, 6.07) is 70.2. The Bertz CT molecular complexity index is 2880. The second kappa shape index (κ2) is 12.9. The van der Waals surface area contributed by atoms with E-state index in [2.05, 4.69) is 164 Å². The second-order valence-electron chi connectivity index (χ2n) is 14.3. The number of para-hydroxylation sites is 2. The Morgan fingerprint density at radius 3 is 1.23 bits per heavy atom. The summed E-state index contributed by atoms with van der Waals surface area (Å²) >= 11 is 0. The van der Waals surface area contributed by atoms with Crippen LogP contribution in [0.5, 0.6) is 11.5 Å². The molecule has 8 aromatic carbocycles. The van der Waals surface area contributed by atoms with Gasteiger partial charge in [0.15, 0.2) is 17.5 Å². The van der Waals surface area contributed by atoms with Crippen LogP contribution in [0, 0.1) is 0 Å². The number of rotatable bonds is 5. The fraction of sp³-hybridized carbons (Fsp3) is 0.0192. The first-order valence-corrected chi connectivity index (χ1v) is 18.9. The van der Waals surface area contributed by atoms with Crippen molar-refractivity contribution in [1.82, 2.24) is 15.0 Å². The Labute approximate surface area is 325 Å². The van der Waals surface area contributed by atoms with Crippen molar-refractivity contribution >= 4 is 0 Å². The first kappa shape index (κ1) is 32.0. The Morgan fingerprint density at radius 1 is 0.286 bits per heavy atom. The molecule has 2 aliphatic rings. The van der Waals surface area contributed by atoms with Gasteiger partial charge in [-0.2, -0.15) is 0 Å². The molecule has 0 bridgehead atoms. The predicted octanol–water partition coefficient (Wildman–Crippen LogP) is 12.7. The molecule has 1 spiro atoms. The van der Waals surface area contributed by atoms with Gasteiger partial charge < -0.3 is 4.74 Å². The maximum atomic E-state index is 6.57. The molecular formula is C52H33N3O. The molecule has 0 amide bonds. The zero-order chi connectivity index (χ0) is 37.1. The largest absolute Gasteiger partial charge is 0.457 e. The van der Waals surface area contributed by atoms with Crippen LogP contribution in [-0.2, 0) is 5.41 Å². The van der Waals surface area contributed by atoms with E-state index < -0.39 is 5.41 Å². The van der Waals surface area contributed by atoms with Crippen molar-refractivity contribution in [3.05, 3.63) is 222 Å². The summed E-state index contributed by atoms with van der Waals surface area (Å²) in [4.78, 5) is 15.4. The number of benzene rings is 8. The lowest BCUT2D eigenvalue weighted by Gasteiger charge is -2.39. The predicted molar refractivity (Wildman–Crippen MR) is 224 cm³/mol. The third-order valence-electron chi connectivity index (χ3n) is 11.2. The van der Waals surface area contributed by atoms with Crippen molar-refractivity contribution in [3.63, 3.8) is 0 Å². The Hall–Kier alpha value is -7.43. The Balaban J connectivity index is 1.05. The van der Waals surface area contributed by atoms with Crippen molar-refractivity contribution < 1.29 is 4.74 Å². The van der Waals surface area contributed by atoms with Gasteiger partial charge in [-0.1, -0.05) is 182 Å². The molecule has 0 atom stereocenters. The van der Waals surface area contributed by atoms with Crippen LogP contribution in [-0.4, -0.2) is 15.0 Å². The van der Waals surface area contributed by atoms with E-state index >= 15 is 0 Å². The van der Waals surface area contributed by atoms with Gasteiger partial charge in [-0.25, -0.2) is 15.0 Å². The highest BCUT2D eigenvalue weighted by atomic mass is 16.5. The molecule has 0 radical (unpaired) electrons. The van der Waals surface area contributed by atoms with Crippen molar-refractivity contribution in [2.45, 2.75) is 5.41 Å². The number of aromatic nitrogens is 3. The van der Waals surface area contributed by atoms with Crippen LogP contribution in [0.3, 0.4) is 0 Å². The van der Waals surface area contributed by atoms with E-state index in [1.165, 1.54) is 33.4 Å². The van der Waals surface area contributed by atoms with E-state index in [-0.39, 0.29) is 0 Å². The third-order valence-corrected chi connectivity index (χ3v) is 11.2. The van der Waals surface area contributed by atoms with E-state index in [9.17, 15) is 0 Å². The molecule has 0 saturated heterocycles. The molecule has 0 fully saturated rings. The highest BCUT2D eigenvalue weighted by molar-refractivity contribution is 5.90. The number of hydrogen-bond donors (Lipinski definition) is 0. The van der Waals surface area contributed by atoms with Crippen molar-refractivity contribution in [2.75, 3.05) is 0 Å². The van der Waals surface area contributed by atoms with Gasteiger partial charge in [-0.15, -0.1) is 0 Å². The van der Waals surface area contributed by atoms with E-state index in [1.807, 2.05) is 36.4 Å². The lowest BCUT2D eigenvalue weighted by atomic mass is 9.66. The molecule has 1 aromatic heterocycles. The lowest BCUT2D eigenvalue weighted by Crippen LogP contribution is -2.32. The summed E-state index contributed by atoms with van der Waals surface area (Å²) in [5, 5.41) is 0. The smallest absolute Gasteiger partial charge is 0.164 e. The number of nitrogens with zero attached hydrogens (tertiary/aromatic N) is 3. The number of fused-ring (bicyclic) bond motifs is 9. The van der Waals surface area contributed by atoms with Gasteiger partial charge in [-0.3, -0.25) is 0 Å². The van der Waals surface area contributed by atoms with Gasteiger partial charge in [0.1, 0.15) is 11.5 Å². The molecule has 9 aromatic rings. The van der Waals surface area contributed by atoms with Crippen LogP contribution in [0.2, 0.25) is 0 Å². The van der Waals surface area contributed by atoms with E-state index in [4.69, 9.17) is 19.7 Å². The summed E-state index contributed by atoms with van der Waals surface area (Å²) in [6.07, 6.45) is 0. The Kier molecular flexibility index (Phi) is 7.36. The van der Waals surface area contributed by atoms with Gasteiger partial charge in [0.2, 0.25) is 0 Å². The van der Waals surface area contributed by atoms with Crippen LogP contribution in [0.15, 0.2) is 200 Å². The molecular weight excluding hydrogens is 683 g/mol. The van der Waals surface area contributed by atoms with Crippen molar-refractivity contribution in [3.8, 4) is 79.0 Å². The monoisotopic (exact) mass is 715 g/mol. The van der Waals surface area contributed by atoms with E-state index in [1.54, 1.807) is 0 Å². The second-order valence-corrected chi connectivity index (χ2v) is 14.3. The minimum Gasteiger partial charge on any atom is -0.457 e. The van der Waals surface area contributed by atoms with E-state index in [0.717, 1.165) is 50.4 Å². The quantitative estimate of drug-likeness (QED) is 0.178. The minimum atomic E-state index is -0.583. The molecule has 1 aliphatic carbocycles. The molecule has 0 N–H and O–H groups in total. The molecule has 2 heterocycles. The van der Waals surface area contributed by atoms with Crippen LogP contribution in [0.4, 0.5) is 0 Å². The van der Waals surface area contributed by atoms with E-state index in [0.29, 0.717) is 17.5 Å². The highest BCUT2D eigenvalue weighted by Crippen LogP contribution is 2.62. The molecule has 262 valence electrons. The first-order valence-electron chi connectivity index (χ1n) is 18.9. The summed E-state index contributed by atoms with van der Waals surface area (Å²) in [5.74, 6) is 3.61. The SMILES string of the molecule is c1ccc(-c2ccc(-c3ccc(-c4nc(-c5ccccc5)nc(-c5ccc6c(c5)C5(c7ccccc7Oc7ccccc75)c5ccccc5-6)n4)cc3)cc2)cc1. The van der Waals surface area contributed by atoms with Gasteiger partial charge in [0, 0.05) is 27.8 Å². The summed E-state index contributed by atoms with van der Waals surface area (Å²) in [5.41, 5.74) is 14.0. The van der Waals surface area contributed by atoms with Crippen LogP contribution in [0.1, 0.15) is 22.3 Å². The number of hydrogen-bond acceptors (Lipinski definition) is 4. The molecule has 11 rings (SSSR count). The standard InChI is InChI=1S/C52H33N3O/c1-3-13-34(14-4-1)35-23-25-36(26-24-35)37-27-29-39(30-28-37)50-53-49(38-15-5-2-6-16-38)54-51(55-50)40-31-32-42-41-17-7-8-18-43(41)52(46(42)33-40)44-19-9-11-21-47(44)56-48-22-12-10-20-45(48)52/h1-33H. The third kappa shape index (κ3) is 5.04. The Morgan fingerprint density at radius 2 is 0.661 bits per heavy atom. The maximum absolute atomic E-state index is 6.57. The van der Waals surface area contributed by atoms with Gasteiger partial charge in [0.25, 0.3) is 0 Å². The summed E-state index contributed by atoms with van der Waals surface area (Å²) in [7, 11) is 0. The summed E-state index contributed by atoms with van der Waals surface area (Å²) < 4.78 is 6.57. The molecule has 4 heteroatoms. The summed E-state index contributed by atoms with van der Waals surface area (Å²) in [6.45, 7) is 0. The van der Waals surface area contributed by atoms with Gasteiger partial charge >= 0.3 is 0 Å². The fourth-order valence-electron chi connectivity index (χ4n) is 8.64. The normalized spacial score (nSPS) is 12.9. The molecule has 1 aliphatic heterocycles. The molecule has 0 saturated carbocycles. The fourth-order valence-corrected chi connectivity index (χ4v) is 8.64. The molecule has 4 nitrogen and oxygen atoms in total. The zero-order valence-corrected chi connectivity index (χ0v) is 30.3. The van der Waals surface area contributed by atoms with Gasteiger partial charge in [0.05, 0.1) is 5.41 Å². The zero-order valence-electron chi connectivity index (χ0n) is 30.3. The first-order chi connectivity index (χ1) is 27.7. The molecule has 0 unspecified atom stereocenters. The van der Waals surface area contributed by atoms with Crippen molar-refractivity contribution in [1.29, 1.82) is 0 Å².